The molecule has 2 unspecified atom stereocenters. The highest BCUT2D eigenvalue weighted by atomic mass is 35.5. The van der Waals surface area contributed by atoms with Crippen molar-refractivity contribution in [2.24, 2.45) is 11.8 Å². The monoisotopic (exact) mass is 511 g/mol. The number of carbonyl (C=O) groups excluding carboxylic acids is 2. The van der Waals surface area contributed by atoms with Crippen molar-refractivity contribution in [3.8, 4) is 0 Å². The third-order valence-corrected chi connectivity index (χ3v) is 7.44. The van der Waals surface area contributed by atoms with Crippen molar-refractivity contribution in [2.75, 3.05) is 6.61 Å². The summed E-state index contributed by atoms with van der Waals surface area (Å²) in [5.74, 6) is 0.161. The van der Waals surface area contributed by atoms with Gasteiger partial charge in [0.1, 0.15) is 12.3 Å². The summed E-state index contributed by atoms with van der Waals surface area (Å²) in [4.78, 5) is 29.7. The molecular formula is C24H25ClF3N3O4. The lowest BCUT2D eigenvalue weighted by Crippen LogP contribution is -2.60. The summed E-state index contributed by atoms with van der Waals surface area (Å²) in [6, 6.07) is 8.60. The summed E-state index contributed by atoms with van der Waals surface area (Å²) in [5, 5.41) is 7.51. The van der Waals surface area contributed by atoms with Gasteiger partial charge in [-0.2, -0.15) is 0 Å². The molecule has 2 bridgehead atoms. The van der Waals surface area contributed by atoms with Crippen molar-refractivity contribution in [3.63, 3.8) is 0 Å². The number of hydrogen-bond donors (Lipinski definition) is 2. The van der Waals surface area contributed by atoms with E-state index in [1.807, 2.05) is 6.07 Å². The molecule has 188 valence electrons. The maximum absolute atomic E-state index is 12.9. The Kier molecular flexibility index (Phi) is 6.63. The molecule has 35 heavy (non-hydrogen) atoms. The minimum Gasteiger partial charge on any atom is -0.368 e. The summed E-state index contributed by atoms with van der Waals surface area (Å²) in [6.45, 7) is -0.210. The first kappa shape index (κ1) is 24.3. The maximum atomic E-state index is 12.9. The van der Waals surface area contributed by atoms with Gasteiger partial charge in [-0.1, -0.05) is 17.7 Å². The van der Waals surface area contributed by atoms with Crippen LogP contribution in [0, 0.1) is 11.8 Å². The predicted molar refractivity (Wildman–Crippen MR) is 121 cm³/mol. The number of amides is 2. The average Bonchev–Trinajstić information content (AvgIpc) is 2.73. The second-order valence-electron chi connectivity index (χ2n) is 9.60. The molecule has 4 fully saturated rings. The van der Waals surface area contributed by atoms with Gasteiger partial charge < -0.3 is 15.4 Å². The highest BCUT2D eigenvalue weighted by molar-refractivity contribution is 6.31. The second kappa shape index (κ2) is 9.55. The zero-order valence-electron chi connectivity index (χ0n) is 18.7. The van der Waals surface area contributed by atoms with E-state index >= 15 is 0 Å². The lowest BCUT2D eigenvalue weighted by molar-refractivity contribution is -0.357. The summed E-state index contributed by atoms with van der Waals surface area (Å²) in [6.07, 6.45) is -3.30. The fourth-order valence-electron chi connectivity index (χ4n) is 5.22. The maximum Gasteiger partial charge on any atom is 0.522 e. The Morgan fingerprint density at radius 2 is 1.69 bits per heavy atom. The minimum atomic E-state index is -4.65. The lowest BCUT2D eigenvalue weighted by atomic mass is 9.60. The molecule has 4 aliphatic rings. The Balaban J connectivity index is 1.09. The third-order valence-electron chi connectivity index (χ3n) is 7.21. The second-order valence-corrected chi connectivity index (χ2v) is 10.0. The molecule has 6 rings (SSSR count). The first-order valence-electron chi connectivity index (χ1n) is 11.7. The SMILES string of the molecule is O=C(COC1CC(OC(F)(F)F)C1)NC1CC(NC(=O)c2ccc3cc(Cl)ccc3n2)C2CC1C2. The Labute approximate surface area is 204 Å². The van der Waals surface area contributed by atoms with Gasteiger partial charge in [-0.25, -0.2) is 4.98 Å². The van der Waals surface area contributed by atoms with Gasteiger partial charge in [0.2, 0.25) is 5.91 Å². The van der Waals surface area contributed by atoms with Gasteiger partial charge >= 0.3 is 6.36 Å². The van der Waals surface area contributed by atoms with Crippen molar-refractivity contribution in [1.29, 1.82) is 0 Å². The van der Waals surface area contributed by atoms with E-state index in [2.05, 4.69) is 20.4 Å². The van der Waals surface area contributed by atoms with Gasteiger partial charge in [-0.3, -0.25) is 14.3 Å². The highest BCUT2D eigenvalue weighted by Gasteiger charge is 2.47. The number of nitrogens with zero attached hydrogens (tertiary/aromatic N) is 1. The number of carbonyl (C=O) groups is 2. The molecule has 0 aliphatic heterocycles. The Bertz CT molecular complexity index is 1120. The van der Waals surface area contributed by atoms with Gasteiger partial charge in [0.15, 0.2) is 0 Å². The summed E-state index contributed by atoms with van der Waals surface area (Å²) in [5.41, 5.74) is 1.01. The number of ether oxygens (including phenoxy) is 2. The smallest absolute Gasteiger partial charge is 0.368 e. The van der Waals surface area contributed by atoms with Crippen molar-refractivity contribution in [1.82, 2.24) is 15.6 Å². The van der Waals surface area contributed by atoms with E-state index in [-0.39, 0.29) is 43.3 Å². The molecular weight excluding hydrogens is 487 g/mol. The quantitative estimate of drug-likeness (QED) is 0.587. The van der Waals surface area contributed by atoms with Gasteiger partial charge in [0.25, 0.3) is 5.91 Å². The molecule has 7 nitrogen and oxygen atoms in total. The van der Waals surface area contributed by atoms with Gasteiger partial charge in [0, 0.05) is 35.3 Å². The van der Waals surface area contributed by atoms with Crippen molar-refractivity contribution >= 4 is 34.3 Å². The molecule has 4 saturated carbocycles. The zero-order chi connectivity index (χ0) is 24.7. The number of fused-ring (bicyclic) bond motifs is 3. The first-order chi connectivity index (χ1) is 16.6. The zero-order valence-corrected chi connectivity index (χ0v) is 19.4. The van der Waals surface area contributed by atoms with Crippen molar-refractivity contribution < 1.29 is 32.2 Å². The molecule has 11 heteroatoms. The van der Waals surface area contributed by atoms with Crippen LogP contribution in [0.5, 0.6) is 0 Å². The van der Waals surface area contributed by atoms with Crippen LogP contribution >= 0.6 is 11.6 Å². The number of rotatable bonds is 7. The molecule has 2 amide bonds. The molecule has 2 N–H and O–H groups in total. The molecule has 4 aliphatic carbocycles. The fraction of sp³-hybridized carbons (Fsp3) is 0.542. The Morgan fingerprint density at radius 1 is 0.971 bits per heavy atom. The fourth-order valence-corrected chi connectivity index (χ4v) is 5.40. The van der Waals surface area contributed by atoms with E-state index in [9.17, 15) is 22.8 Å². The van der Waals surface area contributed by atoms with E-state index in [0.29, 0.717) is 34.5 Å². The Morgan fingerprint density at radius 3 is 2.40 bits per heavy atom. The van der Waals surface area contributed by atoms with Crippen LogP contribution < -0.4 is 10.6 Å². The van der Waals surface area contributed by atoms with Crippen LogP contribution in [0.4, 0.5) is 13.2 Å². The number of hydrogen-bond acceptors (Lipinski definition) is 5. The van der Waals surface area contributed by atoms with Crippen LogP contribution in [-0.4, -0.2) is 54.1 Å². The summed E-state index contributed by atoms with van der Waals surface area (Å²) >= 11 is 6.00. The lowest BCUT2D eigenvalue weighted by Gasteiger charge is -2.51. The summed E-state index contributed by atoms with van der Waals surface area (Å²) < 4.78 is 45.9. The number of halogens is 4. The van der Waals surface area contributed by atoms with Crippen LogP contribution in [0.1, 0.15) is 42.6 Å². The molecule has 0 spiro atoms. The summed E-state index contributed by atoms with van der Waals surface area (Å²) in [7, 11) is 0. The number of benzene rings is 1. The first-order valence-corrected chi connectivity index (χ1v) is 12.0. The number of nitrogens with one attached hydrogen (secondary N) is 2. The predicted octanol–water partition coefficient (Wildman–Crippen LogP) is 3.99. The molecule has 1 heterocycles. The van der Waals surface area contributed by atoms with Gasteiger partial charge in [0.05, 0.1) is 17.7 Å². The van der Waals surface area contributed by atoms with E-state index < -0.39 is 18.6 Å². The third kappa shape index (κ3) is 5.70. The molecule has 1 aromatic carbocycles. The van der Waals surface area contributed by atoms with E-state index in [1.165, 1.54) is 0 Å². The molecule has 0 radical (unpaired) electrons. The van der Waals surface area contributed by atoms with Gasteiger partial charge in [-0.15, -0.1) is 13.2 Å². The molecule has 2 atom stereocenters. The molecule has 1 aromatic heterocycles. The van der Waals surface area contributed by atoms with Crippen LogP contribution in [0.15, 0.2) is 30.3 Å². The van der Waals surface area contributed by atoms with Crippen LogP contribution in [0.3, 0.4) is 0 Å². The van der Waals surface area contributed by atoms with Gasteiger partial charge in [-0.05, 0) is 55.4 Å². The molecule has 0 saturated heterocycles. The van der Waals surface area contributed by atoms with Crippen LogP contribution in [0.25, 0.3) is 10.9 Å². The van der Waals surface area contributed by atoms with Crippen molar-refractivity contribution in [3.05, 3.63) is 41.0 Å². The van der Waals surface area contributed by atoms with Crippen LogP contribution in [0.2, 0.25) is 5.02 Å². The standard InChI is InChI=1S/C24H25ClF3N3O4/c25-15-2-4-18-12(7-15)1-3-19(29-18)23(33)31-21-10-20(13-5-14(21)6-13)30-22(32)11-34-16-8-17(9-16)35-24(26,27)28/h1-4,7,13-14,16-17,20-21H,5-6,8-11H2,(H,30,32)(H,31,33). The van der Waals surface area contributed by atoms with E-state index in [1.54, 1.807) is 24.3 Å². The van der Waals surface area contributed by atoms with E-state index in [0.717, 1.165) is 18.2 Å². The Hall–Kier alpha value is -2.43. The largest absolute Gasteiger partial charge is 0.522 e. The minimum absolute atomic E-state index is 0.0756. The number of pyridine rings is 1. The molecule has 2 aromatic rings. The number of aromatic nitrogens is 1. The van der Waals surface area contributed by atoms with Crippen molar-refractivity contribution in [2.45, 2.75) is 62.8 Å². The topological polar surface area (TPSA) is 89.5 Å². The van der Waals surface area contributed by atoms with Crippen LogP contribution in [-0.2, 0) is 14.3 Å². The van der Waals surface area contributed by atoms with E-state index in [4.69, 9.17) is 16.3 Å². The average molecular weight is 512 g/mol. The number of alkyl halides is 3. The normalized spacial score (nSPS) is 29.7. The highest BCUT2D eigenvalue weighted by Crippen LogP contribution is 2.46.